The standard InChI is InChI=1S/C18H15N3O3S/c1-22-12-8-13(23-2)10-14(9-12)25-18-21-20-17(24-18)16-7-11-5-3-4-6-15(11)19-16/h3-10,19H,1-2H3. The van der Waals surface area contributed by atoms with Gasteiger partial charge in [0.15, 0.2) is 0 Å². The zero-order valence-electron chi connectivity index (χ0n) is 13.6. The van der Waals surface area contributed by atoms with Gasteiger partial charge in [0.05, 0.1) is 14.2 Å². The number of nitrogens with one attached hydrogen (secondary N) is 1. The van der Waals surface area contributed by atoms with Crippen molar-refractivity contribution in [3.63, 3.8) is 0 Å². The first-order valence-corrected chi connectivity index (χ1v) is 8.39. The molecule has 7 heteroatoms. The van der Waals surface area contributed by atoms with Gasteiger partial charge in [0.1, 0.15) is 17.2 Å². The van der Waals surface area contributed by atoms with Crippen LogP contribution in [-0.4, -0.2) is 29.4 Å². The van der Waals surface area contributed by atoms with E-state index in [4.69, 9.17) is 13.9 Å². The number of methoxy groups -OCH3 is 2. The number of rotatable bonds is 5. The number of fused-ring (bicyclic) bond motifs is 1. The van der Waals surface area contributed by atoms with Crippen LogP contribution in [0.2, 0.25) is 0 Å². The highest BCUT2D eigenvalue weighted by Gasteiger charge is 2.13. The van der Waals surface area contributed by atoms with Crippen LogP contribution in [0, 0.1) is 0 Å². The second kappa shape index (κ2) is 6.52. The fourth-order valence-electron chi connectivity index (χ4n) is 2.49. The van der Waals surface area contributed by atoms with Crippen LogP contribution in [0.15, 0.2) is 63.1 Å². The van der Waals surface area contributed by atoms with Crippen molar-refractivity contribution in [2.24, 2.45) is 0 Å². The summed E-state index contributed by atoms with van der Waals surface area (Å²) < 4.78 is 16.3. The van der Waals surface area contributed by atoms with Gasteiger partial charge in [-0.15, -0.1) is 10.2 Å². The van der Waals surface area contributed by atoms with E-state index in [0.29, 0.717) is 22.6 Å². The summed E-state index contributed by atoms with van der Waals surface area (Å²) in [7, 11) is 3.23. The van der Waals surface area contributed by atoms with Crippen LogP contribution < -0.4 is 9.47 Å². The summed E-state index contributed by atoms with van der Waals surface area (Å²) in [6, 6.07) is 15.6. The van der Waals surface area contributed by atoms with Crippen LogP contribution in [0.1, 0.15) is 0 Å². The Morgan fingerprint density at radius 1 is 0.960 bits per heavy atom. The SMILES string of the molecule is COc1cc(OC)cc(Sc2nnc(-c3cc4ccccc4[nH]3)o2)c1. The third-order valence-electron chi connectivity index (χ3n) is 3.70. The zero-order chi connectivity index (χ0) is 17.2. The van der Waals surface area contributed by atoms with Crippen molar-refractivity contribution < 1.29 is 13.9 Å². The molecule has 0 aliphatic carbocycles. The second-order valence-electron chi connectivity index (χ2n) is 5.29. The minimum Gasteiger partial charge on any atom is -0.497 e. The lowest BCUT2D eigenvalue weighted by Gasteiger charge is -2.06. The molecule has 0 aliphatic heterocycles. The molecule has 0 bridgehead atoms. The molecular formula is C18H15N3O3S. The molecule has 0 saturated heterocycles. The predicted octanol–water partition coefficient (Wildman–Crippen LogP) is 4.39. The first kappa shape index (κ1) is 15.6. The van der Waals surface area contributed by atoms with Gasteiger partial charge in [-0.05, 0) is 36.0 Å². The molecular weight excluding hydrogens is 338 g/mol. The lowest BCUT2D eigenvalue weighted by molar-refractivity contribution is 0.392. The summed E-state index contributed by atoms with van der Waals surface area (Å²) in [6.45, 7) is 0. The van der Waals surface area contributed by atoms with Gasteiger partial charge in [-0.25, -0.2) is 0 Å². The van der Waals surface area contributed by atoms with Crippen LogP contribution >= 0.6 is 11.8 Å². The third kappa shape index (κ3) is 3.18. The smallest absolute Gasteiger partial charge is 0.281 e. The van der Waals surface area contributed by atoms with Crippen molar-refractivity contribution in [1.82, 2.24) is 15.2 Å². The summed E-state index contributed by atoms with van der Waals surface area (Å²) >= 11 is 1.35. The number of H-pyrrole nitrogens is 1. The number of hydrogen-bond acceptors (Lipinski definition) is 6. The van der Waals surface area contributed by atoms with Crippen molar-refractivity contribution in [3.05, 3.63) is 48.5 Å². The maximum absolute atomic E-state index is 5.78. The monoisotopic (exact) mass is 353 g/mol. The fraction of sp³-hybridized carbons (Fsp3) is 0.111. The van der Waals surface area contributed by atoms with Crippen LogP contribution in [0.25, 0.3) is 22.5 Å². The first-order chi connectivity index (χ1) is 12.2. The molecule has 1 N–H and O–H groups in total. The number of para-hydroxylation sites is 1. The highest BCUT2D eigenvalue weighted by Crippen LogP contribution is 2.34. The van der Waals surface area contributed by atoms with Crippen LogP contribution in [0.4, 0.5) is 0 Å². The molecule has 0 spiro atoms. The Kier molecular flexibility index (Phi) is 4.07. The predicted molar refractivity (Wildman–Crippen MR) is 95.3 cm³/mol. The minimum atomic E-state index is 0.448. The van der Waals surface area contributed by atoms with Crippen molar-refractivity contribution in [3.8, 4) is 23.1 Å². The van der Waals surface area contributed by atoms with E-state index in [1.54, 1.807) is 14.2 Å². The number of aromatic nitrogens is 3. The highest BCUT2D eigenvalue weighted by atomic mass is 32.2. The van der Waals surface area contributed by atoms with E-state index in [1.165, 1.54) is 11.8 Å². The van der Waals surface area contributed by atoms with Gasteiger partial charge in [0, 0.05) is 21.9 Å². The molecule has 0 fully saturated rings. The molecule has 6 nitrogen and oxygen atoms in total. The Hall–Kier alpha value is -2.93. The lowest BCUT2D eigenvalue weighted by atomic mass is 10.2. The Morgan fingerprint density at radius 3 is 2.44 bits per heavy atom. The summed E-state index contributed by atoms with van der Waals surface area (Å²) in [5, 5.41) is 9.79. The van der Waals surface area contributed by atoms with Gasteiger partial charge in [-0.2, -0.15) is 0 Å². The van der Waals surface area contributed by atoms with Gasteiger partial charge in [0.25, 0.3) is 11.1 Å². The first-order valence-electron chi connectivity index (χ1n) is 7.58. The molecule has 0 atom stereocenters. The normalized spacial score (nSPS) is 11.0. The van der Waals surface area contributed by atoms with Crippen molar-refractivity contribution in [1.29, 1.82) is 0 Å². The van der Waals surface area contributed by atoms with Gasteiger partial charge in [0.2, 0.25) is 0 Å². The second-order valence-corrected chi connectivity index (χ2v) is 6.32. The molecule has 0 radical (unpaired) electrons. The van der Waals surface area contributed by atoms with Crippen molar-refractivity contribution >= 4 is 22.7 Å². The van der Waals surface area contributed by atoms with Crippen LogP contribution in [-0.2, 0) is 0 Å². The van der Waals surface area contributed by atoms with Crippen molar-refractivity contribution in [2.45, 2.75) is 10.1 Å². The van der Waals surface area contributed by atoms with Crippen LogP contribution in [0.5, 0.6) is 11.5 Å². The molecule has 126 valence electrons. The van der Waals surface area contributed by atoms with E-state index in [1.807, 2.05) is 48.5 Å². The van der Waals surface area contributed by atoms with E-state index in [0.717, 1.165) is 21.5 Å². The highest BCUT2D eigenvalue weighted by molar-refractivity contribution is 7.99. The zero-order valence-corrected chi connectivity index (χ0v) is 14.5. The summed E-state index contributed by atoms with van der Waals surface area (Å²) in [4.78, 5) is 4.17. The molecule has 2 heterocycles. The Bertz CT molecular complexity index is 970. The van der Waals surface area contributed by atoms with E-state index >= 15 is 0 Å². The molecule has 2 aromatic heterocycles. The molecule has 4 rings (SSSR count). The van der Waals surface area contributed by atoms with E-state index in [-0.39, 0.29) is 0 Å². The topological polar surface area (TPSA) is 73.2 Å². The third-order valence-corrected chi connectivity index (χ3v) is 4.51. The summed E-state index contributed by atoms with van der Waals surface area (Å²) in [5.74, 6) is 1.86. The van der Waals surface area contributed by atoms with Gasteiger partial charge in [-0.3, -0.25) is 0 Å². The van der Waals surface area contributed by atoms with Gasteiger partial charge in [-0.1, -0.05) is 18.2 Å². The molecule has 0 amide bonds. The summed E-state index contributed by atoms with van der Waals surface area (Å²) in [6.07, 6.45) is 0. The molecule has 0 saturated carbocycles. The maximum atomic E-state index is 5.78. The van der Waals surface area contributed by atoms with E-state index < -0.39 is 0 Å². The lowest BCUT2D eigenvalue weighted by Crippen LogP contribution is -1.87. The van der Waals surface area contributed by atoms with Gasteiger partial charge < -0.3 is 18.9 Å². The number of benzene rings is 2. The minimum absolute atomic E-state index is 0.448. The average Bonchev–Trinajstić information content (AvgIpc) is 3.27. The molecule has 0 aliphatic rings. The molecule has 0 unspecified atom stereocenters. The summed E-state index contributed by atoms with van der Waals surface area (Å²) in [5.41, 5.74) is 1.83. The van der Waals surface area contributed by atoms with Gasteiger partial charge >= 0.3 is 0 Å². The Balaban J connectivity index is 1.61. The number of nitrogens with zero attached hydrogens (tertiary/aromatic N) is 2. The largest absolute Gasteiger partial charge is 0.497 e. The van der Waals surface area contributed by atoms with Crippen molar-refractivity contribution in [2.75, 3.05) is 14.2 Å². The number of ether oxygens (including phenoxy) is 2. The maximum Gasteiger partial charge on any atom is 0.281 e. The quantitative estimate of drug-likeness (QED) is 0.574. The van der Waals surface area contributed by atoms with Crippen LogP contribution in [0.3, 0.4) is 0 Å². The average molecular weight is 353 g/mol. The number of aromatic amines is 1. The molecule has 25 heavy (non-hydrogen) atoms. The Labute approximate surface area is 148 Å². The fourth-order valence-corrected chi connectivity index (χ4v) is 3.24. The number of hydrogen-bond donors (Lipinski definition) is 1. The van der Waals surface area contributed by atoms with E-state index in [9.17, 15) is 0 Å². The van der Waals surface area contributed by atoms with E-state index in [2.05, 4.69) is 15.2 Å². The molecule has 4 aromatic rings. The Morgan fingerprint density at radius 2 is 1.72 bits per heavy atom. The molecule has 2 aromatic carbocycles.